The molecule has 3 nitrogen and oxygen atoms in total. The lowest BCUT2D eigenvalue weighted by molar-refractivity contribution is 0.752. The highest BCUT2D eigenvalue weighted by molar-refractivity contribution is 5.40. The predicted molar refractivity (Wildman–Crippen MR) is 46.0 cm³/mol. The van der Waals surface area contributed by atoms with Crippen molar-refractivity contribution < 1.29 is 0 Å². The molecule has 0 bridgehead atoms. The molecule has 0 fully saturated rings. The smallest absolute Gasteiger partial charge is 0.132 e. The van der Waals surface area contributed by atoms with Gasteiger partial charge in [-0.3, -0.25) is 0 Å². The van der Waals surface area contributed by atoms with Crippen LogP contribution in [-0.2, 0) is 6.54 Å². The van der Waals surface area contributed by atoms with Crippen LogP contribution in [0.2, 0.25) is 0 Å². The molecular weight excluding hydrogens is 138 g/mol. The molecule has 0 aliphatic heterocycles. The van der Waals surface area contributed by atoms with E-state index in [1.54, 1.807) is 6.20 Å². The molecule has 0 aliphatic carbocycles. The number of imidazole rings is 1. The highest BCUT2D eigenvalue weighted by Crippen LogP contribution is 1.98. The zero-order valence-corrected chi connectivity index (χ0v) is 6.70. The van der Waals surface area contributed by atoms with Gasteiger partial charge in [-0.15, -0.1) is 0 Å². The standard InChI is InChI=1S/C8H13N3/c1-2-11-7-6-10-8(11)4-3-5-9/h3-4,6-7H,2,5,9H2,1H3. The molecule has 0 aliphatic rings. The van der Waals surface area contributed by atoms with Crippen LogP contribution in [0.25, 0.3) is 6.08 Å². The summed E-state index contributed by atoms with van der Waals surface area (Å²) in [5, 5.41) is 0. The Labute approximate surface area is 66.5 Å². The molecule has 1 aromatic heterocycles. The number of hydrogen-bond acceptors (Lipinski definition) is 2. The lowest BCUT2D eigenvalue weighted by Gasteiger charge is -1.97. The minimum atomic E-state index is 0.566. The van der Waals surface area contributed by atoms with Gasteiger partial charge in [0.15, 0.2) is 0 Å². The van der Waals surface area contributed by atoms with Gasteiger partial charge in [-0.25, -0.2) is 4.98 Å². The first-order valence-corrected chi connectivity index (χ1v) is 3.76. The fraction of sp³-hybridized carbons (Fsp3) is 0.375. The second-order valence-corrected chi connectivity index (χ2v) is 2.21. The van der Waals surface area contributed by atoms with E-state index in [1.807, 2.05) is 18.3 Å². The Bertz CT molecular complexity index is 237. The SMILES string of the molecule is CCn1ccnc1C=CCN. The summed E-state index contributed by atoms with van der Waals surface area (Å²) in [4.78, 5) is 4.15. The summed E-state index contributed by atoms with van der Waals surface area (Å²) in [6.45, 7) is 3.60. The minimum absolute atomic E-state index is 0.566. The molecular formula is C8H13N3. The molecule has 0 atom stereocenters. The number of nitrogens with two attached hydrogens (primary N) is 1. The van der Waals surface area contributed by atoms with Crippen molar-refractivity contribution in [3.8, 4) is 0 Å². The van der Waals surface area contributed by atoms with Gasteiger partial charge in [0.05, 0.1) is 0 Å². The van der Waals surface area contributed by atoms with Gasteiger partial charge >= 0.3 is 0 Å². The van der Waals surface area contributed by atoms with Gasteiger partial charge in [0.25, 0.3) is 0 Å². The Morgan fingerprint density at radius 1 is 1.73 bits per heavy atom. The van der Waals surface area contributed by atoms with Crippen molar-refractivity contribution in [3.63, 3.8) is 0 Å². The van der Waals surface area contributed by atoms with E-state index in [4.69, 9.17) is 5.73 Å². The van der Waals surface area contributed by atoms with E-state index in [1.165, 1.54) is 0 Å². The lowest BCUT2D eigenvalue weighted by Crippen LogP contribution is -1.97. The molecule has 1 rings (SSSR count). The molecule has 0 radical (unpaired) electrons. The third kappa shape index (κ3) is 1.91. The molecule has 0 aromatic carbocycles. The van der Waals surface area contributed by atoms with Gasteiger partial charge < -0.3 is 10.3 Å². The second-order valence-electron chi connectivity index (χ2n) is 2.21. The summed E-state index contributed by atoms with van der Waals surface area (Å²) < 4.78 is 2.06. The van der Waals surface area contributed by atoms with Crippen molar-refractivity contribution in [2.45, 2.75) is 13.5 Å². The largest absolute Gasteiger partial charge is 0.332 e. The first kappa shape index (κ1) is 8.01. The van der Waals surface area contributed by atoms with Crippen LogP contribution in [0.5, 0.6) is 0 Å². The molecule has 0 saturated heterocycles. The third-order valence-electron chi connectivity index (χ3n) is 1.49. The molecule has 0 amide bonds. The molecule has 11 heavy (non-hydrogen) atoms. The van der Waals surface area contributed by atoms with E-state index in [2.05, 4.69) is 16.5 Å². The maximum absolute atomic E-state index is 5.31. The summed E-state index contributed by atoms with van der Waals surface area (Å²) >= 11 is 0. The van der Waals surface area contributed by atoms with Crippen LogP contribution in [0, 0.1) is 0 Å². The summed E-state index contributed by atoms with van der Waals surface area (Å²) in [7, 11) is 0. The van der Waals surface area contributed by atoms with Gasteiger partial charge in [0, 0.05) is 25.5 Å². The van der Waals surface area contributed by atoms with Crippen molar-refractivity contribution in [1.82, 2.24) is 9.55 Å². The van der Waals surface area contributed by atoms with Crippen LogP contribution in [0.1, 0.15) is 12.7 Å². The average molecular weight is 151 g/mol. The van der Waals surface area contributed by atoms with E-state index >= 15 is 0 Å². The highest BCUT2D eigenvalue weighted by Gasteiger charge is 1.93. The third-order valence-corrected chi connectivity index (χ3v) is 1.49. The zero-order valence-electron chi connectivity index (χ0n) is 6.70. The minimum Gasteiger partial charge on any atom is -0.332 e. The summed E-state index contributed by atoms with van der Waals surface area (Å²) in [5.41, 5.74) is 5.31. The maximum Gasteiger partial charge on any atom is 0.132 e. The van der Waals surface area contributed by atoms with E-state index in [9.17, 15) is 0 Å². The first-order valence-electron chi connectivity index (χ1n) is 3.76. The van der Waals surface area contributed by atoms with Gasteiger partial charge in [-0.05, 0) is 13.0 Å². The van der Waals surface area contributed by atoms with Gasteiger partial charge in [-0.1, -0.05) is 6.08 Å². The Morgan fingerprint density at radius 2 is 2.55 bits per heavy atom. The van der Waals surface area contributed by atoms with E-state index in [-0.39, 0.29) is 0 Å². The van der Waals surface area contributed by atoms with E-state index in [0.29, 0.717) is 6.54 Å². The topological polar surface area (TPSA) is 43.8 Å². The molecule has 0 saturated carbocycles. The van der Waals surface area contributed by atoms with Crippen molar-refractivity contribution in [1.29, 1.82) is 0 Å². The second kappa shape index (κ2) is 3.93. The van der Waals surface area contributed by atoms with Crippen molar-refractivity contribution in [2.24, 2.45) is 5.73 Å². The maximum atomic E-state index is 5.31. The lowest BCUT2D eigenvalue weighted by atomic mass is 10.4. The Morgan fingerprint density at radius 3 is 3.18 bits per heavy atom. The highest BCUT2D eigenvalue weighted by atomic mass is 15.0. The first-order chi connectivity index (χ1) is 5.38. The summed E-state index contributed by atoms with van der Waals surface area (Å²) in [6.07, 6.45) is 7.58. The number of aromatic nitrogens is 2. The monoisotopic (exact) mass is 151 g/mol. The number of rotatable bonds is 3. The van der Waals surface area contributed by atoms with Crippen LogP contribution in [0.4, 0.5) is 0 Å². The number of nitrogens with zero attached hydrogens (tertiary/aromatic N) is 2. The number of hydrogen-bond donors (Lipinski definition) is 1. The Hall–Kier alpha value is -1.09. The van der Waals surface area contributed by atoms with E-state index in [0.717, 1.165) is 12.4 Å². The zero-order chi connectivity index (χ0) is 8.10. The van der Waals surface area contributed by atoms with Crippen molar-refractivity contribution in [2.75, 3.05) is 6.54 Å². The summed E-state index contributed by atoms with van der Waals surface area (Å²) in [6, 6.07) is 0. The predicted octanol–water partition coefficient (Wildman–Crippen LogP) is 0.875. The van der Waals surface area contributed by atoms with E-state index < -0.39 is 0 Å². The quantitative estimate of drug-likeness (QED) is 0.696. The average Bonchev–Trinajstić information content (AvgIpc) is 2.47. The molecule has 0 spiro atoms. The molecule has 2 N–H and O–H groups in total. The fourth-order valence-corrected chi connectivity index (χ4v) is 0.920. The molecule has 60 valence electrons. The van der Waals surface area contributed by atoms with Crippen LogP contribution in [0.15, 0.2) is 18.5 Å². The Balaban J connectivity index is 2.76. The molecule has 1 heterocycles. The Kier molecular flexibility index (Phi) is 2.86. The molecule has 3 heteroatoms. The van der Waals surface area contributed by atoms with Crippen LogP contribution in [-0.4, -0.2) is 16.1 Å². The van der Waals surface area contributed by atoms with Gasteiger partial charge in [0.2, 0.25) is 0 Å². The van der Waals surface area contributed by atoms with Gasteiger partial charge in [0.1, 0.15) is 5.82 Å². The molecule has 1 aromatic rings. The van der Waals surface area contributed by atoms with Crippen LogP contribution < -0.4 is 5.73 Å². The fourth-order valence-electron chi connectivity index (χ4n) is 0.920. The molecule has 0 unspecified atom stereocenters. The van der Waals surface area contributed by atoms with Crippen LogP contribution in [0.3, 0.4) is 0 Å². The normalized spacial score (nSPS) is 11.1. The van der Waals surface area contributed by atoms with Crippen LogP contribution >= 0.6 is 0 Å². The number of aryl methyl sites for hydroxylation is 1. The van der Waals surface area contributed by atoms with Gasteiger partial charge in [-0.2, -0.15) is 0 Å². The van der Waals surface area contributed by atoms with Crippen molar-refractivity contribution >= 4 is 6.08 Å². The van der Waals surface area contributed by atoms with Crippen molar-refractivity contribution in [3.05, 3.63) is 24.3 Å². The summed E-state index contributed by atoms with van der Waals surface area (Å²) in [5.74, 6) is 0.970.